The molecule has 3 atom stereocenters. The summed E-state index contributed by atoms with van der Waals surface area (Å²) < 4.78 is 0. The van der Waals surface area contributed by atoms with Gasteiger partial charge < -0.3 is 5.73 Å². The Morgan fingerprint density at radius 3 is 2.48 bits per heavy atom. The van der Waals surface area contributed by atoms with Gasteiger partial charge in [0.1, 0.15) is 6.54 Å². The van der Waals surface area contributed by atoms with Crippen LogP contribution < -0.4 is 10.6 Å². The van der Waals surface area contributed by atoms with Gasteiger partial charge in [0.15, 0.2) is 6.10 Å². The first-order chi connectivity index (χ1) is 13.9. The average Bonchev–Trinajstić information content (AvgIpc) is 3.17. The molecule has 10 nitrogen and oxygen atoms in total. The van der Waals surface area contributed by atoms with E-state index >= 15 is 0 Å². The van der Waals surface area contributed by atoms with E-state index in [1.807, 2.05) is 0 Å². The second kappa shape index (κ2) is 7.08. The molecule has 2 N–H and O–H groups in total. The minimum Gasteiger partial charge on any atom is -0.368 e. The summed E-state index contributed by atoms with van der Waals surface area (Å²) in [6, 6.07) is 13.4. The number of carbonyl (C=O) groups excluding carboxylic acids is 3. The maximum absolute atomic E-state index is 13.2. The number of rotatable bonds is 5. The lowest BCUT2D eigenvalue weighted by Crippen LogP contribution is -2.40. The van der Waals surface area contributed by atoms with Crippen molar-refractivity contribution < 1.29 is 24.1 Å². The zero-order valence-electron chi connectivity index (χ0n) is 15.0. The summed E-state index contributed by atoms with van der Waals surface area (Å²) >= 11 is 0. The highest BCUT2D eigenvalue weighted by molar-refractivity contribution is 6.23. The molecule has 2 heterocycles. The smallest absolute Gasteiger partial charge is 0.271 e. The van der Waals surface area contributed by atoms with Crippen LogP contribution in [0.15, 0.2) is 54.6 Å². The summed E-state index contributed by atoms with van der Waals surface area (Å²) in [4.78, 5) is 54.6. The van der Waals surface area contributed by atoms with Gasteiger partial charge in [-0.2, -0.15) is 5.06 Å². The third-order valence-electron chi connectivity index (χ3n) is 4.95. The number of carbonyl (C=O) groups is 3. The van der Waals surface area contributed by atoms with Crippen LogP contribution >= 0.6 is 0 Å². The van der Waals surface area contributed by atoms with Crippen LogP contribution in [0.5, 0.6) is 0 Å². The highest BCUT2D eigenvalue weighted by Gasteiger charge is 2.60. The summed E-state index contributed by atoms with van der Waals surface area (Å²) in [6.07, 6.45) is -1.15. The Labute approximate surface area is 164 Å². The second-order valence-corrected chi connectivity index (χ2v) is 6.74. The number of hydroxylamine groups is 2. The second-order valence-electron chi connectivity index (χ2n) is 6.74. The number of non-ortho nitro benzene ring substituents is 1. The van der Waals surface area contributed by atoms with Gasteiger partial charge >= 0.3 is 0 Å². The summed E-state index contributed by atoms with van der Waals surface area (Å²) in [6.45, 7) is -0.288. The number of imide groups is 1. The molecular weight excluding hydrogens is 380 g/mol. The first-order valence-corrected chi connectivity index (χ1v) is 8.77. The molecule has 4 rings (SSSR count). The molecule has 0 radical (unpaired) electrons. The normalized spacial score (nSPS) is 24.0. The molecule has 2 aliphatic rings. The van der Waals surface area contributed by atoms with Gasteiger partial charge in [-0.3, -0.25) is 29.3 Å². The minimum absolute atomic E-state index is 0.0977. The van der Waals surface area contributed by atoms with Crippen molar-refractivity contribution in [1.82, 2.24) is 5.06 Å². The third-order valence-corrected chi connectivity index (χ3v) is 4.95. The highest BCUT2D eigenvalue weighted by atomic mass is 16.7. The number of nitrogens with zero attached hydrogens (tertiary/aromatic N) is 3. The summed E-state index contributed by atoms with van der Waals surface area (Å²) in [5.41, 5.74) is 5.83. The maximum atomic E-state index is 13.2. The molecule has 2 aromatic rings. The van der Waals surface area contributed by atoms with Crippen molar-refractivity contribution in [3.63, 3.8) is 0 Å². The van der Waals surface area contributed by atoms with E-state index in [-0.39, 0.29) is 17.9 Å². The van der Waals surface area contributed by atoms with Crippen LogP contribution in [-0.4, -0.2) is 40.4 Å². The number of primary amides is 1. The number of nitro groups is 1. The zero-order valence-corrected chi connectivity index (χ0v) is 15.0. The van der Waals surface area contributed by atoms with E-state index in [1.165, 1.54) is 23.3 Å². The van der Waals surface area contributed by atoms with Gasteiger partial charge in [-0.05, 0) is 11.6 Å². The van der Waals surface area contributed by atoms with Gasteiger partial charge in [-0.15, -0.1) is 0 Å². The van der Waals surface area contributed by atoms with Gasteiger partial charge in [0, 0.05) is 12.1 Å². The van der Waals surface area contributed by atoms with Gasteiger partial charge in [0.05, 0.1) is 22.6 Å². The average molecular weight is 396 g/mol. The number of hydrogen-bond acceptors (Lipinski definition) is 7. The number of nitro benzene ring substituents is 1. The molecule has 2 aliphatic heterocycles. The Kier molecular flexibility index (Phi) is 4.57. The number of anilines is 1. The van der Waals surface area contributed by atoms with Crippen molar-refractivity contribution in [3.8, 4) is 0 Å². The van der Waals surface area contributed by atoms with Crippen molar-refractivity contribution >= 4 is 29.1 Å². The van der Waals surface area contributed by atoms with E-state index in [4.69, 9.17) is 10.6 Å². The van der Waals surface area contributed by atoms with Crippen molar-refractivity contribution in [3.05, 3.63) is 70.3 Å². The zero-order chi connectivity index (χ0) is 20.7. The van der Waals surface area contributed by atoms with E-state index in [1.54, 1.807) is 30.3 Å². The fraction of sp³-hybridized carbons (Fsp3) is 0.211. The largest absolute Gasteiger partial charge is 0.368 e. The van der Waals surface area contributed by atoms with Crippen LogP contribution in [0.2, 0.25) is 0 Å². The lowest BCUT2D eigenvalue weighted by Gasteiger charge is -2.26. The quantitative estimate of drug-likeness (QED) is 0.451. The van der Waals surface area contributed by atoms with Crippen molar-refractivity contribution in [2.75, 3.05) is 11.4 Å². The van der Waals surface area contributed by atoms with E-state index in [0.29, 0.717) is 5.56 Å². The molecule has 0 aliphatic carbocycles. The van der Waals surface area contributed by atoms with Crippen LogP contribution in [0, 0.1) is 16.0 Å². The Morgan fingerprint density at radius 1 is 1.10 bits per heavy atom. The number of fused-ring (bicyclic) bond motifs is 1. The van der Waals surface area contributed by atoms with E-state index in [2.05, 4.69) is 0 Å². The predicted octanol–water partition coefficient (Wildman–Crippen LogP) is 0.927. The Bertz CT molecular complexity index is 1010. The number of amides is 3. The highest BCUT2D eigenvalue weighted by Crippen LogP contribution is 2.45. The van der Waals surface area contributed by atoms with Crippen LogP contribution in [0.3, 0.4) is 0 Å². The number of hydrogen-bond donors (Lipinski definition) is 1. The first kappa shape index (κ1) is 18.7. The monoisotopic (exact) mass is 396 g/mol. The standard InChI is InChI=1S/C19H16N4O6/c20-14(24)10-21-16(11-5-2-1-3-6-11)15-17(29-21)19(26)22(18(15)25)12-7-4-8-13(9-12)23(27)28/h1-9,15-17H,10H2,(H2,20,24). The number of nitrogens with two attached hydrogens (primary N) is 1. The lowest BCUT2D eigenvalue weighted by molar-refractivity contribution is -0.384. The van der Waals surface area contributed by atoms with Crippen LogP contribution in [0.4, 0.5) is 11.4 Å². The van der Waals surface area contributed by atoms with E-state index in [9.17, 15) is 24.5 Å². The molecule has 2 aromatic carbocycles. The fourth-order valence-corrected chi connectivity index (χ4v) is 3.78. The topological polar surface area (TPSA) is 136 Å². The van der Waals surface area contributed by atoms with Crippen LogP contribution in [-0.2, 0) is 19.2 Å². The molecular formula is C19H16N4O6. The van der Waals surface area contributed by atoms with Crippen molar-refractivity contribution in [2.45, 2.75) is 12.1 Å². The summed E-state index contributed by atoms with van der Waals surface area (Å²) in [5.74, 6) is -2.78. The van der Waals surface area contributed by atoms with Crippen molar-refractivity contribution in [1.29, 1.82) is 0 Å². The molecule has 0 spiro atoms. The third kappa shape index (κ3) is 3.13. The molecule has 3 unspecified atom stereocenters. The molecule has 3 amide bonds. The summed E-state index contributed by atoms with van der Waals surface area (Å²) in [5, 5.41) is 12.3. The Balaban J connectivity index is 1.73. The SMILES string of the molecule is NC(=O)CN1OC2C(=O)N(c3cccc([N+](=O)[O-])c3)C(=O)C2C1c1ccccc1. The maximum Gasteiger partial charge on any atom is 0.271 e. The molecule has 29 heavy (non-hydrogen) atoms. The summed E-state index contributed by atoms with van der Waals surface area (Å²) in [7, 11) is 0. The van der Waals surface area contributed by atoms with Crippen molar-refractivity contribution in [2.24, 2.45) is 11.7 Å². The first-order valence-electron chi connectivity index (χ1n) is 8.77. The van der Waals surface area contributed by atoms with Gasteiger partial charge in [0.25, 0.3) is 11.6 Å². The molecule has 0 saturated carbocycles. The predicted molar refractivity (Wildman–Crippen MR) is 99.0 cm³/mol. The molecule has 0 bridgehead atoms. The van der Waals surface area contributed by atoms with E-state index in [0.717, 1.165) is 11.0 Å². The molecule has 2 fully saturated rings. The number of benzene rings is 2. The van der Waals surface area contributed by atoms with Crippen LogP contribution in [0.1, 0.15) is 11.6 Å². The molecule has 0 aromatic heterocycles. The Hall–Kier alpha value is -3.63. The van der Waals surface area contributed by atoms with Gasteiger partial charge in [-0.25, -0.2) is 4.90 Å². The molecule has 2 saturated heterocycles. The molecule has 148 valence electrons. The van der Waals surface area contributed by atoms with Gasteiger partial charge in [0.2, 0.25) is 11.8 Å². The van der Waals surface area contributed by atoms with Gasteiger partial charge in [-0.1, -0.05) is 36.4 Å². The minimum atomic E-state index is -1.15. The lowest BCUT2D eigenvalue weighted by atomic mass is 9.91. The van der Waals surface area contributed by atoms with Crippen LogP contribution in [0.25, 0.3) is 0 Å². The molecule has 10 heteroatoms. The van der Waals surface area contributed by atoms with E-state index < -0.39 is 40.7 Å². The fourth-order valence-electron chi connectivity index (χ4n) is 3.78. The Morgan fingerprint density at radius 2 is 1.83 bits per heavy atom.